The number of benzene rings is 1. The molecule has 4 atom stereocenters. The van der Waals surface area contributed by atoms with E-state index in [0.717, 1.165) is 32.1 Å². The van der Waals surface area contributed by atoms with Gasteiger partial charge in [-0.25, -0.2) is 4.79 Å². The zero-order valence-corrected chi connectivity index (χ0v) is 16.9. The van der Waals surface area contributed by atoms with Crippen LogP contribution in [0.4, 0.5) is 0 Å². The second-order valence-corrected chi connectivity index (χ2v) is 6.98. The van der Waals surface area contributed by atoms with Gasteiger partial charge in [0.1, 0.15) is 18.3 Å². The van der Waals surface area contributed by atoms with Crippen LogP contribution in [0.25, 0.3) is 0 Å². The third kappa shape index (κ3) is 8.91. The van der Waals surface area contributed by atoms with Crippen molar-refractivity contribution in [3.05, 3.63) is 35.9 Å². The third-order valence-corrected chi connectivity index (χ3v) is 4.57. The molecule has 0 heterocycles. The van der Waals surface area contributed by atoms with Crippen molar-refractivity contribution in [3.63, 3.8) is 0 Å². The third-order valence-electron chi connectivity index (χ3n) is 4.57. The molecular weight excluding hydrogens is 378 g/mol. The molecule has 164 valence electrons. The van der Waals surface area contributed by atoms with Crippen LogP contribution >= 0.6 is 0 Å². The van der Waals surface area contributed by atoms with Gasteiger partial charge in [0.25, 0.3) is 5.91 Å². The van der Waals surface area contributed by atoms with E-state index in [1.165, 1.54) is 18.6 Å². The summed E-state index contributed by atoms with van der Waals surface area (Å²) in [4.78, 5) is 24.8. The van der Waals surface area contributed by atoms with Gasteiger partial charge in [-0.05, 0) is 18.6 Å². The molecule has 0 aliphatic heterocycles. The quantitative estimate of drug-likeness (QED) is 0.225. The number of amides is 1. The van der Waals surface area contributed by atoms with Crippen LogP contribution in [-0.4, -0.2) is 69.9 Å². The largest absolute Gasteiger partial charge is 0.446 e. The summed E-state index contributed by atoms with van der Waals surface area (Å²) in [5, 5.41) is 41.4. The standard InChI is InChI=1S/C21H33NO7/c1-2-3-4-5-6-10-13-22-20(27)19(18(26)17(25)16(24)14-23)29-21(28)15-11-8-7-9-12-15/h7-9,11-12,16-19,23-26H,2-6,10,13-14H2,1H3,(H,22,27)/t16-,17-,18+,19-/m1/s1. The van der Waals surface area contributed by atoms with Gasteiger partial charge in [-0.1, -0.05) is 57.2 Å². The van der Waals surface area contributed by atoms with Gasteiger partial charge in [-0.3, -0.25) is 4.79 Å². The summed E-state index contributed by atoms with van der Waals surface area (Å²) < 4.78 is 5.13. The molecule has 0 unspecified atom stereocenters. The molecule has 0 spiro atoms. The molecule has 8 nitrogen and oxygen atoms in total. The Labute approximate surface area is 171 Å². The van der Waals surface area contributed by atoms with E-state index in [1.54, 1.807) is 18.2 Å². The van der Waals surface area contributed by atoms with Crippen LogP contribution in [0.3, 0.4) is 0 Å². The van der Waals surface area contributed by atoms with Gasteiger partial charge in [0.05, 0.1) is 12.2 Å². The molecule has 0 aliphatic rings. The second-order valence-electron chi connectivity index (χ2n) is 6.98. The van der Waals surface area contributed by atoms with E-state index in [-0.39, 0.29) is 5.56 Å². The van der Waals surface area contributed by atoms with Crippen molar-refractivity contribution in [2.75, 3.05) is 13.2 Å². The highest BCUT2D eigenvalue weighted by Crippen LogP contribution is 2.13. The molecule has 0 aliphatic carbocycles. The molecule has 8 heteroatoms. The van der Waals surface area contributed by atoms with Crippen LogP contribution in [0.2, 0.25) is 0 Å². The summed E-state index contributed by atoms with van der Waals surface area (Å²) in [5.74, 6) is -1.63. The van der Waals surface area contributed by atoms with Crippen molar-refractivity contribution < 1.29 is 34.8 Å². The molecule has 0 saturated heterocycles. The summed E-state index contributed by atoms with van der Waals surface area (Å²) in [6, 6.07) is 7.91. The molecule has 1 amide bonds. The van der Waals surface area contributed by atoms with Crippen LogP contribution in [-0.2, 0) is 9.53 Å². The number of aliphatic hydroxyl groups is 4. The molecule has 1 aromatic carbocycles. The van der Waals surface area contributed by atoms with E-state index in [9.17, 15) is 24.9 Å². The molecule has 0 saturated carbocycles. The summed E-state index contributed by atoms with van der Waals surface area (Å²) in [6.45, 7) is 1.64. The first-order valence-electron chi connectivity index (χ1n) is 10.1. The normalized spacial score (nSPS) is 15.2. The van der Waals surface area contributed by atoms with Crippen molar-refractivity contribution >= 4 is 11.9 Å². The number of rotatable bonds is 14. The Morgan fingerprint density at radius 2 is 1.59 bits per heavy atom. The highest BCUT2D eigenvalue weighted by molar-refractivity contribution is 5.92. The first-order valence-corrected chi connectivity index (χ1v) is 10.1. The summed E-state index contributed by atoms with van der Waals surface area (Å²) in [5.41, 5.74) is 0.172. The van der Waals surface area contributed by atoms with Crippen LogP contribution in [0.1, 0.15) is 55.8 Å². The smallest absolute Gasteiger partial charge is 0.339 e. The average molecular weight is 411 g/mol. The molecule has 1 rings (SSSR count). The first-order chi connectivity index (χ1) is 13.9. The number of hydrogen-bond donors (Lipinski definition) is 5. The number of carbonyl (C=O) groups is 2. The van der Waals surface area contributed by atoms with E-state index < -0.39 is 42.9 Å². The Balaban J connectivity index is 2.71. The van der Waals surface area contributed by atoms with Crippen LogP contribution in [0.15, 0.2) is 30.3 Å². The van der Waals surface area contributed by atoms with Gasteiger partial charge in [0, 0.05) is 6.54 Å². The maximum absolute atomic E-state index is 12.5. The number of aliphatic hydroxyl groups excluding tert-OH is 4. The van der Waals surface area contributed by atoms with Gasteiger partial charge < -0.3 is 30.5 Å². The lowest BCUT2D eigenvalue weighted by Crippen LogP contribution is -2.53. The summed E-state index contributed by atoms with van der Waals surface area (Å²) in [7, 11) is 0. The molecule has 0 radical (unpaired) electrons. The van der Waals surface area contributed by atoms with Crippen molar-refractivity contribution in [1.82, 2.24) is 5.32 Å². The van der Waals surface area contributed by atoms with Crippen LogP contribution in [0, 0.1) is 0 Å². The van der Waals surface area contributed by atoms with E-state index in [2.05, 4.69) is 12.2 Å². The number of ether oxygens (including phenoxy) is 1. The zero-order chi connectivity index (χ0) is 21.6. The van der Waals surface area contributed by atoms with E-state index in [4.69, 9.17) is 9.84 Å². The Morgan fingerprint density at radius 1 is 0.966 bits per heavy atom. The van der Waals surface area contributed by atoms with Gasteiger partial charge in [0.2, 0.25) is 6.10 Å². The molecule has 0 fully saturated rings. The van der Waals surface area contributed by atoms with Crippen molar-refractivity contribution in [1.29, 1.82) is 0 Å². The predicted molar refractivity (Wildman–Crippen MR) is 107 cm³/mol. The SMILES string of the molecule is CCCCCCCCNC(=O)[C@H](OC(=O)c1ccccc1)[C@@H](O)[C@H](O)[C@H](O)CO. The maximum Gasteiger partial charge on any atom is 0.339 e. The van der Waals surface area contributed by atoms with Crippen molar-refractivity contribution in [2.45, 2.75) is 69.9 Å². The van der Waals surface area contributed by atoms with Crippen molar-refractivity contribution in [2.24, 2.45) is 0 Å². The molecule has 0 aromatic heterocycles. The lowest BCUT2D eigenvalue weighted by atomic mass is 10.0. The van der Waals surface area contributed by atoms with Gasteiger partial charge in [0.15, 0.2) is 0 Å². The maximum atomic E-state index is 12.5. The minimum atomic E-state index is -1.91. The summed E-state index contributed by atoms with van der Waals surface area (Å²) in [6.07, 6.45) is -1.04. The molecular formula is C21H33NO7. The van der Waals surface area contributed by atoms with Gasteiger partial charge in [-0.15, -0.1) is 0 Å². The fourth-order valence-electron chi connectivity index (χ4n) is 2.77. The lowest BCUT2D eigenvalue weighted by Gasteiger charge is -2.28. The molecule has 0 bridgehead atoms. The Hall–Kier alpha value is -2.00. The fraction of sp³-hybridized carbons (Fsp3) is 0.619. The van der Waals surface area contributed by atoms with Crippen molar-refractivity contribution in [3.8, 4) is 0 Å². The van der Waals surface area contributed by atoms with Crippen LogP contribution in [0.5, 0.6) is 0 Å². The minimum absolute atomic E-state index is 0.172. The Bertz CT molecular complexity index is 596. The molecule has 5 N–H and O–H groups in total. The topological polar surface area (TPSA) is 136 Å². The number of esters is 1. The molecule has 1 aromatic rings. The van der Waals surface area contributed by atoms with E-state index in [1.807, 2.05) is 0 Å². The predicted octanol–water partition coefficient (Wildman–Crippen LogP) is 0.764. The van der Waals surface area contributed by atoms with Gasteiger partial charge in [-0.2, -0.15) is 0 Å². The Morgan fingerprint density at radius 3 is 2.21 bits per heavy atom. The molecule has 29 heavy (non-hydrogen) atoms. The lowest BCUT2D eigenvalue weighted by molar-refractivity contribution is -0.150. The number of carbonyl (C=O) groups excluding carboxylic acids is 2. The Kier molecular flexibility index (Phi) is 12.1. The highest BCUT2D eigenvalue weighted by atomic mass is 16.6. The van der Waals surface area contributed by atoms with E-state index >= 15 is 0 Å². The summed E-state index contributed by atoms with van der Waals surface area (Å²) >= 11 is 0. The zero-order valence-electron chi connectivity index (χ0n) is 16.9. The number of unbranched alkanes of at least 4 members (excludes halogenated alkanes) is 5. The average Bonchev–Trinajstić information content (AvgIpc) is 2.75. The van der Waals surface area contributed by atoms with Crippen LogP contribution < -0.4 is 5.32 Å². The second kappa shape index (κ2) is 14.1. The number of hydrogen-bond acceptors (Lipinski definition) is 7. The monoisotopic (exact) mass is 411 g/mol. The highest BCUT2D eigenvalue weighted by Gasteiger charge is 2.38. The van der Waals surface area contributed by atoms with E-state index in [0.29, 0.717) is 6.54 Å². The fourth-order valence-corrected chi connectivity index (χ4v) is 2.77. The van der Waals surface area contributed by atoms with Gasteiger partial charge >= 0.3 is 5.97 Å². The first kappa shape index (κ1) is 25.0. The number of nitrogens with one attached hydrogen (secondary N) is 1. The minimum Gasteiger partial charge on any atom is -0.446 e.